The molecule has 0 aliphatic heterocycles. The summed E-state index contributed by atoms with van der Waals surface area (Å²) in [5.74, 6) is 0.258. The first-order chi connectivity index (χ1) is 14.4. The summed E-state index contributed by atoms with van der Waals surface area (Å²) in [6, 6.07) is 11.2. The molecule has 0 aliphatic rings. The minimum atomic E-state index is -0.609. The van der Waals surface area contributed by atoms with Crippen molar-refractivity contribution in [2.24, 2.45) is 5.73 Å². The first-order valence-corrected chi connectivity index (χ1v) is 9.02. The molecule has 0 atom stereocenters. The molecular weight excluding hydrogens is 389 g/mol. The first kappa shape index (κ1) is 19.2. The van der Waals surface area contributed by atoms with E-state index in [0.29, 0.717) is 23.4 Å². The van der Waals surface area contributed by atoms with Crippen LogP contribution in [0.5, 0.6) is 0 Å². The Labute approximate surface area is 170 Å². The highest BCUT2D eigenvalue weighted by atomic mass is 19.1. The molecule has 30 heavy (non-hydrogen) atoms. The lowest BCUT2D eigenvalue weighted by atomic mass is 10.1. The van der Waals surface area contributed by atoms with Crippen LogP contribution in [0.25, 0.3) is 22.5 Å². The van der Waals surface area contributed by atoms with Crippen molar-refractivity contribution in [3.63, 3.8) is 0 Å². The molecule has 1 amide bonds. The Kier molecular flexibility index (Phi) is 4.97. The second-order valence-electron chi connectivity index (χ2n) is 6.74. The molecule has 2 heterocycles. The van der Waals surface area contributed by atoms with Gasteiger partial charge in [-0.25, -0.2) is 4.39 Å². The molecule has 10 heteroatoms. The maximum atomic E-state index is 13.4. The van der Waals surface area contributed by atoms with E-state index in [0.717, 1.165) is 5.56 Å². The number of amides is 1. The monoisotopic (exact) mass is 407 g/mol. The lowest BCUT2D eigenvalue weighted by Crippen LogP contribution is -2.16. The van der Waals surface area contributed by atoms with Gasteiger partial charge in [0, 0.05) is 20.6 Å². The lowest BCUT2D eigenvalue weighted by Gasteiger charge is -2.13. The fraction of sp³-hybridized carbons (Fsp3) is 0.150. The predicted molar refractivity (Wildman–Crippen MR) is 109 cm³/mol. The number of rotatable bonds is 6. The highest BCUT2D eigenvalue weighted by molar-refractivity contribution is 6.07. The molecule has 0 spiro atoms. The summed E-state index contributed by atoms with van der Waals surface area (Å²) in [5.41, 5.74) is 6.73. The lowest BCUT2D eigenvalue weighted by molar-refractivity contribution is 0.100. The van der Waals surface area contributed by atoms with Gasteiger partial charge >= 0.3 is 0 Å². The minimum absolute atomic E-state index is 0.236. The van der Waals surface area contributed by atoms with Crippen molar-refractivity contribution in [2.45, 2.75) is 6.54 Å². The summed E-state index contributed by atoms with van der Waals surface area (Å²) in [5, 5.41) is 7.60. The number of hydrogen-bond acceptors (Lipinski definition) is 8. The molecule has 0 bridgehead atoms. The van der Waals surface area contributed by atoms with Gasteiger partial charge in [-0.05, 0) is 29.8 Å². The van der Waals surface area contributed by atoms with Crippen molar-refractivity contribution in [1.29, 1.82) is 0 Å². The van der Waals surface area contributed by atoms with Crippen LogP contribution in [0.4, 0.5) is 16.3 Å². The Balaban J connectivity index is 1.74. The summed E-state index contributed by atoms with van der Waals surface area (Å²) in [4.78, 5) is 26.6. The van der Waals surface area contributed by atoms with E-state index < -0.39 is 5.91 Å². The third kappa shape index (κ3) is 3.75. The highest BCUT2D eigenvalue weighted by Gasteiger charge is 2.20. The number of hydrogen-bond donors (Lipinski definition) is 2. The number of carbonyl (C=O) groups is 1. The molecule has 2 aromatic carbocycles. The fourth-order valence-corrected chi connectivity index (χ4v) is 2.90. The van der Waals surface area contributed by atoms with Crippen molar-refractivity contribution in [3.8, 4) is 11.6 Å². The van der Waals surface area contributed by atoms with Crippen LogP contribution in [0.3, 0.4) is 0 Å². The molecule has 0 saturated heterocycles. The van der Waals surface area contributed by atoms with Crippen LogP contribution in [0, 0.1) is 5.82 Å². The molecule has 4 rings (SSSR count). The third-order valence-corrected chi connectivity index (χ3v) is 4.34. The Morgan fingerprint density at radius 3 is 2.70 bits per heavy atom. The number of benzene rings is 2. The summed E-state index contributed by atoms with van der Waals surface area (Å²) in [6.07, 6.45) is 0. The quantitative estimate of drug-likeness (QED) is 0.500. The zero-order chi connectivity index (χ0) is 21.3. The molecule has 0 fully saturated rings. The van der Waals surface area contributed by atoms with Gasteiger partial charge in [-0.2, -0.15) is 15.0 Å². The first-order valence-electron chi connectivity index (χ1n) is 9.02. The molecular formula is C20H18FN7O2. The second-order valence-corrected chi connectivity index (χ2v) is 6.74. The number of primary amides is 1. The van der Waals surface area contributed by atoms with Gasteiger partial charge in [-0.15, -0.1) is 0 Å². The summed E-state index contributed by atoms with van der Waals surface area (Å²) >= 11 is 0. The summed E-state index contributed by atoms with van der Waals surface area (Å²) in [7, 11) is 3.58. The van der Waals surface area contributed by atoms with E-state index in [2.05, 4.69) is 25.4 Å². The standard InChI is InChI=1S/C20H18FN7O2/c1-28(2)20-25-18(16-13-7-4-8-14(17(22)29)15(13)27-30-16)24-19(26-20)23-10-11-5-3-6-12(21)9-11/h3-9H,10H2,1-2H3,(H2,22,29)(H,23,24,25,26). The molecule has 152 valence electrons. The van der Waals surface area contributed by atoms with E-state index in [1.54, 1.807) is 49.3 Å². The molecule has 0 saturated carbocycles. The average Bonchev–Trinajstić information content (AvgIpc) is 3.16. The smallest absolute Gasteiger partial charge is 0.251 e. The van der Waals surface area contributed by atoms with Crippen molar-refractivity contribution in [1.82, 2.24) is 20.1 Å². The predicted octanol–water partition coefficient (Wildman–Crippen LogP) is 2.60. The maximum absolute atomic E-state index is 13.4. The zero-order valence-corrected chi connectivity index (χ0v) is 16.3. The third-order valence-electron chi connectivity index (χ3n) is 4.34. The van der Waals surface area contributed by atoms with Crippen LogP contribution in [0.15, 0.2) is 47.0 Å². The number of fused-ring (bicyclic) bond motifs is 1. The number of nitrogens with one attached hydrogen (secondary N) is 1. The number of halogens is 1. The van der Waals surface area contributed by atoms with E-state index in [-0.39, 0.29) is 28.9 Å². The van der Waals surface area contributed by atoms with Gasteiger partial charge in [0.1, 0.15) is 11.3 Å². The molecule has 0 radical (unpaired) electrons. The normalized spacial score (nSPS) is 10.9. The molecule has 4 aromatic rings. The van der Waals surface area contributed by atoms with Gasteiger partial charge in [0.2, 0.25) is 23.5 Å². The van der Waals surface area contributed by atoms with Crippen LogP contribution < -0.4 is 16.0 Å². The number of anilines is 2. The molecule has 2 aromatic heterocycles. The van der Waals surface area contributed by atoms with E-state index in [4.69, 9.17) is 10.3 Å². The fourth-order valence-electron chi connectivity index (χ4n) is 2.90. The van der Waals surface area contributed by atoms with Gasteiger partial charge in [0.25, 0.3) is 5.91 Å². The van der Waals surface area contributed by atoms with Crippen molar-refractivity contribution in [3.05, 3.63) is 59.4 Å². The Bertz CT molecular complexity index is 1240. The van der Waals surface area contributed by atoms with Crippen molar-refractivity contribution in [2.75, 3.05) is 24.3 Å². The van der Waals surface area contributed by atoms with Crippen LogP contribution in [0.1, 0.15) is 15.9 Å². The van der Waals surface area contributed by atoms with E-state index >= 15 is 0 Å². The molecule has 3 N–H and O–H groups in total. The van der Waals surface area contributed by atoms with E-state index in [9.17, 15) is 9.18 Å². The van der Waals surface area contributed by atoms with E-state index in [1.807, 2.05) is 0 Å². The Morgan fingerprint density at radius 2 is 1.97 bits per heavy atom. The van der Waals surface area contributed by atoms with Crippen molar-refractivity contribution < 1.29 is 13.7 Å². The Hall–Kier alpha value is -4.08. The highest BCUT2D eigenvalue weighted by Crippen LogP contribution is 2.29. The topological polar surface area (TPSA) is 123 Å². The van der Waals surface area contributed by atoms with Crippen LogP contribution in [-0.2, 0) is 6.54 Å². The molecule has 0 aliphatic carbocycles. The van der Waals surface area contributed by atoms with Crippen LogP contribution in [-0.4, -0.2) is 40.1 Å². The van der Waals surface area contributed by atoms with Gasteiger partial charge in [-0.3, -0.25) is 4.79 Å². The van der Waals surface area contributed by atoms with Crippen molar-refractivity contribution >= 4 is 28.7 Å². The van der Waals surface area contributed by atoms with Gasteiger partial charge < -0.3 is 20.5 Å². The molecule has 0 unspecified atom stereocenters. The van der Waals surface area contributed by atoms with E-state index in [1.165, 1.54) is 12.1 Å². The SMILES string of the molecule is CN(C)c1nc(NCc2cccc(F)c2)nc(-c2onc3c(C(N)=O)cccc23)n1. The number of nitrogens with two attached hydrogens (primary N) is 1. The van der Waals surface area contributed by atoms with Crippen LogP contribution >= 0.6 is 0 Å². The van der Waals surface area contributed by atoms with Crippen LogP contribution in [0.2, 0.25) is 0 Å². The largest absolute Gasteiger partial charge is 0.366 e. The summed E-state index contributed by atoms with van der Waals surface area (Å²) in [6.45, 7) is 0.317. The van der Waals surface area contributed by atoms with Gasteiger partial charge in [0.05, 0.1) is 10.9 Å². The zero-order valence-electron chi connectivity index (χ0n) is 16.3. The average molecular weight is 407 g/mol. The maximum Gasteiger partial charge on any atom is 0.251 e. The number of carbonyl (C=O) groups excluding carboxylic acids is 1. The summed E-state index contributed by atoms with van der Waals surface area (Å²) < 4.78 is 18.9. The van der Waals surface area contributed by atoms with Gasteiger partial charge in [0.15, 0.2) is 0 Å². The minimum Gasteiger partial charge on any atom is -0.366 e. The van der Waals surface area contributed by atoms with Gasteiger partial charge in [-0.1, -0.05) is 23.4 Å². The Morgan fingerprint density at radius 1 is 1.17 bits per heavy atom. The number of nitrogens with zero attached hydrogens (tertiary/aromatic N) is 5. The molecule has 9 nitrogen and oxygen atoms in total. The second kappa shape index (κ2) is 7.74. The number of aromatic nitrogens is 4.